The lowest BCUT2D eigenvalue weighted by molar-refractivity contribution is -0.159. The lowest BCUT2D eigenvalue weighted by Gasteiger charge is -2.29. The molecule has 2 amide bonds. The summed E-state index contributed by atoms with van der Waals surface area (Å²) in [6.07, 6.45) is 6.75. The number of nitrogens with zero attached hydrogens (tertiary/aromatic N) is 4. The van der Waals surface area contributed by atoms with Crippen molar-refractivity contribution in [3.05, 3.63) is 42.1 Å². The first-order valence-electron chi connectivity index (χ1n) is 18.6. The largest absolute Gasteiger partial charge is 0.471 e. The molecule has 3 heterocycles. The van der Waals surface area contributed by atoms with Crippen LogP contribution in [0.2, 0.25) is 0 Å². The molecule has 1 saturated heterocycles. The van der Waals surface area contributed by atoms with E-state index < -0.39 is 56.6 Å². The van der Waals surface area contributed by atoms with Crippen LogP contribution in [0.25, 0.3) is 11.0 Å². The van der Waals surface area contributed by atoms with Crippen molar-refractivity contribution in [1.82, 2.24) is 23.9 Å². The first-order chi connectivity index (χ1) is 24.7. The highest BCUT2D eigenvalue weighted by atomic mass is 32.2. The van der Waals surface area contributed by atoms with E-state index in [1.165, 1.54) is 19.0 Å². The van der Waals surface area contributed by atoms with Gasteiger partial charge in [-0.05, 0) is 64.5 Å². The zero-order chi connectivity index (χ0) is 38.9. The van der Waals surface area contributed by atoms with Crippen LogP contribution in [0.4, 0.5) is 0 Å². The fourth-order valence-electron chi connectivity index (χ4n) is 7.24. The lowest BCUT2D eigenvalue weighted by atomic mass is 9.90. The Kier molecular flexibility index (Phi) is 11.7. The van der Waals surface area contributed by atoms with E-state index in [0.29, 0.717) is 41.9 Å². The van der Waals surface area contributed by atoms with Gasteiger partial charge >= 0.3 is 16.2 Å². The molecule has 2 aromatic rings. The number of aromatic nitrogens is 2. The second-order valence-electron chi connectivity index (χ2n) is 17.0. The molecule has 53 heavy (non-hydrogen) atoms. The summed E-state index contributed by atoms with van der Waals surface area (Å²) in [6, 6.07) is 6.50. The number of amides is 2. The van der Waals surface area contributed by atoms with Gasteiger partial charge in [-0.1, -0.05) is 57.9 Å². The summed E-state index contributed by atoms with van der Waals surface area (Å²) in [5, 5.41) is 0. The molecule has 0 bridgehead atoms. The number of Topliss-reactive ketones (excluding diaryl/α,β-unsaturated/α-hetero) is 1. The van der Waals surface area contributed by atoms with Gasteiger partial charge in [-0.2, -0.15) is 12.7 Å². The van der Waals surface area contributed by atoms with Gasteiger partial charge in [0.25, 0.3) is 0 Å². The number of carbonyl (C=O) groups excluding carboxylic acids is 4. The Morgan fingerprint density at radius 2 is 1.70 bits per heavy atom. The average Bonchev–Trinajstić information content (AvgIpc) is 3.58. The maximum atomic E-state index is 14.6. The van der Waals surface area contributed by atoms with E-state index in [4.69, 9.17) is 19.4 Å². The Labute approximate surface area is 313 Å². The first kappa shape index (κ1) is 40.3. The summed E-state index contributed by atoms with van der Waals surface area (Å²) >= 11 is 0. The van der Waals surface area contributed by atoms with Gasteiger partial charge in [-0.3, -0.25) is 19.2 Å². The van der Waals surface area contributed by atoms with Crippen molar-refractivity contribution < 1.29 is 37.1 Å². The minimum atomic E-state index is -4.12. The molecule has 5 rings (SSSR count). The van der Waals surface area contributed by atoms with Crippen molar-refractivity contribution in [2.75, 3.05) is 20.6 Å². The van der Waals surface area contributed by atoms with Gasteiger partial charge in [0.05, 0.1) is 35.5 Å². The molecule has 0 unspecified atom stereocenters. The molecule has 1 saturated carbocycles. The van der Waals surface area contributed by atoms with Crippen LogP contribution in [0.1, 0.15) is 105 Å². The second-order valence-corrected chi connectivity index (χ2v) is 18.9. The van der Waals surface area contributed by atoms with Crippen molar-refractivity contribution >= 4 is 44.8 Å². The zero-order valence-corrected chi connectivity index (χ0v) is 33.1. The van der Waals surface area contributed by atoms with Crippen molar-refractivity contribution in [3.63, 3.8) is 0 Å². The van der Waals surface area contributed by atoms with Crippen LogP contribution in [0.3, 0.4) is 0 Å². The van der Waals surface area contributed by atoms with Gasteiger partial charge in [0.1, 0.15) is 17.4 Å². The number of allylic oxidation sites excluding steroid dienone is 2. The molecule has 290 valence electrons. The van der Waals surface area contributed by atoms with E-state index in [0.717, 1.165) is 23.6 Å². The molecule has 1 aromatic carbocycles. The number of ketones is 1. The number of fused-ring (bicyclic) bond motifs is 3. The highest BCUT2D eigenvalue weighted by Gasteiger charge is 2.61. The van der Waals surface area contributed by atoms with E-state index in [-0.39, 0.29) is 43.4 Å². The quantitative estimate of drug-likeness (QED) is 0.300. The molecule has 1 aliphatic carbocycles. The number of ether oxygens (including phenoxy) is 2. The third-order valence-corrected chi connectivity index (χ3v) is 11.6. The van der Waals surface area contributed by atoms with Crippen LogP contribution in [0.5, 0.6) is 5.88 Å². The first-order valence-corrected chi connectivity index (χ1v) is 20.0. The Bertz CT molecular complexity index is 1860. The van der Waals surface area contributed by atoms with Crippen LogP contribution in [0.15, 0.2) is 36.4 Å². The van der Waals surface area contributed by atoms with Crippen LogP contribution in [0, 0.1) is 17.3 Å². The number of nitrogens with one attached hydrogen (secondary N) is 1. The van der Waals surface area contributed by atoms with Crippen LogP contribution >= 0.6 is 0 Å². The van der Waals surface area contributed by atoms with Gasteiger partial charge in [0.15, 0.2) is 5.78 Å². The predicted molar refractivity (Wildman–Crippen MR) is 200 cm³/mol. The fraction of sp³-hybridized carbons (Fsp3) is 0.641. The number of rotatable bonds is 7. The molecule has 0 radical (unpaired) electrons. The van der Waals surface area contributed by atoms with E-state index in [9.17, 15) is 27.6 Å². The van der Waals surface area contributed by atoms with Crippen molar-refractivity contribution in [2.24, 2.45) is 17.3 Å². The standard InChI is InChI=1S/C39H55N5O8S/c1-37(2,3)33-34(41-29-19-15-14-18-28(29)40-33)51-27-21-30-31(45)23-39(36(48)42-53(49,50)43(7)8)22-26(39)17-13-11-9-10-12-16-25(35(47)44(30)24-27)20-32(46)52-38(4,5)6/h13-15,17-19,25-27,30H,9-12,16,20-24H2,1-8H3,(H,42,48)/b17-13-/t25-,26+,27-,30+,39-/m1/s1. The third kappa shape index (κ3) is 9.61. The van der Waals surface area contributed by atoms with Gasteiger partial charge in [-0.15, -0.1) is 0 Å². The normalized spacial score (nSPS) is 26.6. The van der Waals surface area contributed by atoms with E-state index in [2.05, 4.69) is 4.72 Å². The second kappa shape index (κ2) is 15.4. The van der Waals surface area contributed by atoms with Crippen molar-refractivity contribution in [3.8, 4) is 5.88 Å². The Balaban J connectivity index is 1.51. The van der Waals surface area contributed by atoms with Gasteiger partial charge < -0.3 is 14.4 Å². The number of esters is 1. The summed E-state index contributed by atoms with van der Waals surface area (Å²) in [6.45, 7) is 11.4. The maximum absolute atomic E-state index is 14.6. The summed E-state index contributed by atoms with van der Waals surface area (Å²) in [5.41, 5.74) is -0.483. The van der Waals surface area contributed by atoms with Gasteiger partial charge in [0.2, 0.25) is 17.7 Å². The number of benzene rings is 1. The van der Waals surface area contributed by atoms with E-state index in [1.54, 1.807) is 20.8 Å². The molecule has 5 atom stereocenters. The molecule has 3 aliphatic rings. The lowest BCUT2D eigenvalue weighted by Crippen LogP contribution is -2.47. The molecule has 1 N–H and O–H groups in total. The average molecular weight is 754 g/mol. The molecule has 1 aromatic heterocycles. The maximum Gasteiger partial charge on any atom is 0.307 e. The zero-order valence-electron chi connectivity index (χ0n) is 32.3. The number of hydrogen-bond acceptors (Lipinski definition) is 10. The Morgan fingerprint density at radius 1 is 1.02 bits per heavy atom. The molecule has 13 nitrogen and oxygen atoms in total. The van der Waals surface area contributed by atoms with Crippen LogP contribution in [-0.2, 0) is 39.5 Å². The summed E-state index contributed by atoms with van der Waals surface area (Å²) in [7, 11) is -1.48. The summed E-state index contributed by atoms with van der Waals surface area (Å²) in [5.74, 6) is -2.72. The Morgan fingerprint density at radius 3 is 2.34 bits per heavy atom. The highest BCUT2D eigenvalue weighted by Crippen LogP contribution is 2.57. The van der Waals surface area contributed by atoms with E-state index >= 15 is 0 Å². The van der Waals surface area contributed by atoms with Crippen molar-refractivity contribution in [1.29, 1.82) is 0 Å². The molecular weight excluding hydrogens is 699 g/mol. The third-order valence-electron chi connectivity index (χ3n) is 10.2. The van der Waals surface area contributed by atoms with Gasteiger partial charge in [0, 0.05) is 38.3 Å². The number of hydrogen-bond donors (Lipinski definition) is 1. The summed E-state index contributed by atoms with van der Waals surface area (Å²) < 4.78 is 40.7. The minimum Gasteiger partial charge on any atom is -0.471 e. The molecule has 2 aliphatic heterocycles. The fourth-order valence-corrected chi connectivity index (χ4v) is 7.86. The molecule has 0 spiro atoms. The molecule has 14 heteroatoms. The van der Waals surface area contributed by atoms with Gasteiger partial charge in [-0.25, -0.2) is 14.7 Å². The number of para-hydroxylation sites is 2. The van der Waals surface area contributed by atoms with Crippen molar-refractivity contribution in [2.45, 2.75) is 122 Å². The minimum absolute atomic E-state index is 0.0513. The van der Waals surface area contributed by atoms with Crippen LogP contribution < -0.4 is 9.46 Å². The highest BCUT2D eigenvalue weighted by molar-refractivity contribution is 7.87. The summed E-state index contributed by atoms with van der Waals surface area (Å²) in [4.78, 5) is 67.1. The SMILES string of the molecule is CN(C)S(=O)(=O)NC(=O)[C@]12CC(=O)[C@@H]3C[C@@H](Oc4nc5ccccc5nc4C(C)(C)C)CN3C(=O)[C@@H](CC(=O)OC(C)(C)C)CCCCC/C=C\[C@H]1C2. The predicted octanol–water partition coefficient (Wildman–Crippen LogP) is 5.03. The van der Waals surface area contributed by atoms with Crippen LogP contribution in [-0.4, -0.2) is 89.5 Å². The molecule has 2 fully saturated rings. The molecular formula is C39H55N5O8S. The number of carbonyl (C=O) groups is 4. The monoisotopic (exact) mass is 753 g/mol. The topological polar surface area (TPSA) is 165 Å². The van der Waals surface area contributed by atoms with E-state index in [1.807, 2.05) is 57.2 Å². The smallest absolute Gasteiger partial charge is 0.307 e. The Hall–Kier alpha value is -3.91.